The number of para-hydroxylation sites is 1. The van der Waals surface area contributed by atoms with Gasteiger partial charge in [0.1, 0.15) is 9.88 Å². The average Bonchev–Trinajstić information content (AvgIpc) is 3.69. The molecule has 0 bridgehead atoms. The molecule has 1 saturated heterocycles. The number of nitrogens with zero attached hydrogens (tertiary/aromatic N) is 4. The van der Waals surface area contributed by atoms with Crippen molar-refractivity contribution in [3.05, 3.63) is 41.0 Å². The third-order valence-corrected chi connectivity index (χ3v) is 7.18. The van der Waals surface area contributed by atoms with Gasteiger partial charge in [-0.15, -0.1) is 21.5 Å². The van der Waals surface area contributed by atoms with Crippen molar-refractivity contribution in [1.82, 2.24) is 30.7 Å². The molecule has 1 aliphatic carbocycles. The van der Waals surface area contributed by atoms with Gasteiger partial charge in [-0.3, -0.25) is 14.4 Å². The maximum Gasteiger partial charge on any atom is 0.273 e. The Bertz CT molecular complexity index is 1470. The highest BCUT2D eigenvalue weighted by atomic mass is 32.1. The van der Waals surface area contributed by atoms with Crippen LogP contribution in [-0.4, -0.2) is 78.1 Å². The summed E-state index contributed by atoms with van der Waals surface area (Å²) >= 11 is 1.24. The summed E-state index contributed by atoms with van der Waals surface area (Å²) in [6.45, 7) is -0.0371. The summed E-state index contributed by atoms with van der Waals surface area (Å²) in [6, 6.07) is 6.63. The molecule has 3 aromatic rings. The first kappa shape index (κ1) is 21.9. The first-order chi connectivity index (χ1) is 19.6. The van der Waals surface area contributed by atoms with Gasteiger partial charge in [0, 0.05) is 49.3 Å². The van der Waals surface area contributed by atoms with Crippen molar-refractivity contribution in [3.63, 3.8) is 0 Å². The van der Waals surface area contributed by atoms with E-state index in [1.807, 2.05) is 5.32 Å². The van der Waals surface area contributed by atoms with Gasteiger partial charge in [0.05, 0.1) is 30.2 Å². The second-order valence-corrected chi connectivity index (χ2v) is 9.82. The number of thiazole rings is 1. The van der Waals surface area contributed by atoms with E-state index in [4.69, 9.17) is 8.85 Å². The highest BCUT2D eigenvalue weighted by molar-refractivity contribution is 7.17. The van der Waals surface area contributed by atoms with E-state index in [9.17, 15) is 14.4 Å². The fraction of sp³-hybridized carbons (Fsp3) is 0.360. The molecular weight excluding hydrogens is 508 g/mol. The lowest BCUT2D eigenvalue weighted by atomic mass is 10.1. The Balaban J connectivity index is 1.46. The van der Waals surface area contributed by atoms with Crippen molar-refractivity contribution in [2.24, 2.45) is 5.92 Å². The minimum absolute atomic E-state index is 0.0861. The molecule has 198 valence electrons. The normalized spacial score (nSPS) is 16.6. The van der Waals surface area contributed by atoms with Crippen LogP contribution < -0.4 is 26.0 Å². The Morgan fingerprint density at radius 1 is 1.18 bits per heavy atom. The summed E-state index contributed by atoms with van der Waals surface area (Å²) < 4.78 is 27.9. The maximum absolute atomic E-state index is 13.0. The number of hydrogen-bond acceptors (Lipinski definition) is 10. The Morgan fingerprint density at radius 2 is 2.00 bits per heavy atom. The zero-order valence-corrected chi connectivity index (χ0v) is 21.4. The summed E-state index contributed by atoms with van der Waals surface area (Å²) in [5.74, 6) is -0.903. The maximum atomic E-state index is 13.0. The molecule has 0 unspecified atom stereocenters. The molecule has 2 fully saturated rings. The highest BCUT2D eigenvalue weighted by Gasteiger charge is 2.30. The van der Waals surface area contributed by atoms with Crippen molar-refractivity contribution in [3.8, 4) is 16.3 Å². The van der Waals surface area contributed by atoms with Gasteiger partial charge in [0.15, 0.2) is 17.3 Å². The lowest BCUT2D eigenvalue weighted by Gasteiger charge is -2.26. The molecule has 0 spiro atoms. The minimum atomic E-state index is -2.75. The Kier molecular flexibility index (Phi) is 6.41. The molecule has 1 aromatic carbocycles. The van der Waals surface area contributed by atoms with E-state index in [-0.39, 0.29) is 34.9 Å². The number of amides is 3. The number of piperazine rings is 1. The average molecular weight is 540 g/mol. The second-order valence-electron chi connectivity index (χ2n) is 8.79. The van der Waals surface area contributed by atoms with Gasteiger partial charge in [-0.2, -0.15) is 0 Å². The topological polar surface area (TPSA) is 150 Å². The summed E-state index contributed by atoms with van der Waals surface area (Å²) in [6.07, 6.45) is 3.11. The van der Waals surface area contributed by atoms with Crippen LogP contribution >= 0.6 is 11.3 Å². The van der Waals surface area contributed by atoms with Crippen LogP contribution in [0.3, 0.4) is 0 Å². The standard InChI is InChI=1S/C25H28N8O4S/c1-26-23(35)20-17(12-19(31-32-20)30-22(34)14-6-7-14)29-16-5-3-4-15(21(16)37-2)24-28-13-18(38-24)25(36)33-10-8-27-9-11-33/h3-5,12-14,27H,6-11H2,1-2H3,(H,26,35)(H2,29,30,31,34)/i1D3. The van der Waals surface area contributed by atoms with Crippen molar-refractivity contribution < 1.29 is 23.2 Å². The van der Waals surface area contributed by atoms with Gasteiger partial charge in [0.25, 0.3) is 11.8 Å². The molecule has 2 aliphatic rings. The number of anilines is 3. The SMILES string of the molecule is [2H]C([2H])([2H])NC(=O)c1nnc(NC(=O)C2CC2)cc1Nc1cccc(-c2ncc(C(=O)N3CCNCC3)s2)c1OC. The quantitative estimate of drug-likeness (QED) is 0.337. The lowest BCUT2D eigenvalue weighted by molar-refractivity contribution is -0.117. The summed E-state index contributed by atoms with van der Waals surface area (Å²) in [7, 11) is 1.47. The number of ether oxygens (including phenoxy) is 1. The van der Waals surface area contributed by atoms with Gasteiger partial charge in [-0.1, -0.05) is 6.07 Å². The van der Waals surface area contributed by atoms with E-state index >= 15 is 0 Å². The fourth-order valence-electron chi connectivity index (χ4n) is 4.04. The Hall–Kier alpha value is -4.10. The number of methoxy groups -OCH3 is 1. The molecular formula is C25H28N8O4S. The third-order valence-electron chi connectivity index (χ3n) is 6.16. The molecule has 3 heterocycles. The molecule has 5 rings (SSSR count). The van der Waals surface area contributed by atoms with E-state index in [1.165, 1.54) is 24.5 Å². The number of nitrogens with one attached hydrogen (secondary N) is 4. The monoisotopic (exact) mass is 539 g/mol. The molecule has 1 saturated carbocycles. The van der Waals surface area contributed by atoms with Gasteiger partial charge in [-0.25, -0.2) is 4.98 Å². The lowest BCUT2D eigenvalue weighted by Crippen LogP contribution is -2.46. The molecule has 0 atom stereocenters. The van der Waals surface area contributed by atoms with E-state index in [1.54, 1.807) is 29.3 Å². The van der Waals surface area contributed by atoms with E-state index < -0.39 is 12.9 Å². The summed E-state index contributed by atoms with van der Waals surface area (Å²) in [5, 5.41) is 19.2. The van der Waals surface area contributed by atoms with Crippen molar-refractivity contribution in [2.75, 3.05) is 50.9 Å². The molecule has 2 aromatic heterocycles. The van der Waals surface area contributed by atoms with Crippen LogP contribution in [0.4, 0.5) is 17.2 Å². The van der Waals surface area contributed by atoms with Gasteiger partial charge in [0.2, 0.25) is 5.91 Å². The van der Waals surface area contributed by atoms with Crippen LogP contribution in [0.25, 0.3) is 10.6 Å². The molecule has 1 aliphatic heterocycles. The molecule has 0 radical (unpaired) electrons. The number of carbonyl (C=O) groups excluding carboxylic acids is 3. The van der Waals surface area contributed by atoms with Crippen LogP contribution in [0.5, 0.6) is 5.75 Å². The predicted octanol–water partition coefficient (Wildman–Crippen LogP) is 2.11. The zero-order valence-electron chi connectivity index (χ0n) is 23.5. The number of aromatic nitrogens is 3. The minimum Gasteiger partial charge on any atom is -0.494 e. The fourth-order valence-corrected chi connectivity index (χ4v) is 4.95. The number of rotatable bonds is 8. The van der Waals surface area contributed by atoms with Gasteiger partial charge in [-0.05, 0) is 25.0 Å². The summed E-state index contributed by atoms with van der Waals surface area (Å²) in [5.41, 5.74) is 0.804. The van der Waals surface area contributed by atoms with Crippen molar-refractivity contribution in [1.29, 1.82) is 0 Å². The number of hydrogen-bond donors (Lipinski definition) is 4. The van der Waals surface area contributed by atoms with Crippen LogP contribution in [0, 0.1) is 5.92 Å². The van der Waals surface area contributed by atoms with Gasteiger partial charge >= 0.3 is 0 Å². The predicted molar refractivity (Wildman–Crippen MR) is 143 cm³/mol. The van der Waals surface area contributed by atoms with Crippen LogP contribution in [0.1, 0.15) is 37.1 Å². The largest absolute Gasteiger partial charge is 0.494 e. The van der Waals surface area contributed by atoms with Crippen molar-refractivity contribution >= 4 is 46.3 Å². The Labute approximate surface area is 227 Å². The van der Waals surface area contributed by atoms with Crippen molar-refractivity contribution in [2.45, 2.75) is 12.8 Å². The summed E-state index contributed by atoms with van der Waals surface area (Å²) in [4.78, 5) is 44.8. The molecule has 3 amide bonds. The highest BCUT2D eigenvalue weighted by Crippen LogP contribution is 2.40. The zero-order chi connectivity index (χ0) is 29.1. The number of carbonyl (C=O) groups is 3. The van der Waals surface area contributed by atoms with E-state index in [0.29, 0.717) is 40.0 Å². The van der Waals surface area contributed by atoms with E-state index in [2.05, 4.69) is 31.1 Å². The second kappa shape index (κ2) is 11.1. The van der Waals surface area contributed by atoms with Crippen LogP contribution in [0.15, 0.2) is 30.5 Å². The first-order valence-electron chi connectivity index (χ1n) is 13.5. The third kappa shape index (κ3) is 5.43. The van der Waals surface area contributed by atoms with Crippen LogP contribution in [0.2, 0.25) is 0 Å². The molecule has 38 heavy (non-hydrogen) atoms. The van der Waals surface area contributed by atoms with E-state index in [0.717, 1.165) is 25.9 Å². The number of benzene rings is 1. The Morgan fingerprint density at radius 3 is 2.74 bits per heavy atom. The van der Waals surface area contributed by atoms with Gasteiger partial charge < -0.3 is 30.9 Å². The first-order valence-corrected chi connectivity index (χ1v) is 12.9. The molecule has 13 heteroatoms. The smallest absolute Gasteiger partial charge is 0.273 e. The molecule has 12 nitrogen and oxygen atoms in total. The molecule has 4 N–H and O–H groups in total. The van der Waals surface area contributed by atoms with Crippen LogP contribution in [-0.2, 0) is 4.79 Å².